The zero-order valence-corrected chi connectivity index (χ0v) is 22.9. The first-order valence-corrected chi connectivity index (χ1v) is 13.4. The van der Waals surface area contributed by atoms with Gasteiger partial charge in [-0.05, 0) is 61.6 Å². The predicted molar refractivity (Wildman–Crippen MR) is 143 cm³/mol. The summed E-state index contributed by atoms with van der Waals surface area (Å²) in [5.41, 5.74) is 1.03. The zero-order chi connectivity index (χ0) is 26.5. The van der Waals surface area contributed by atoms with E-state index in [1.165, 1.54) is 0 Å². The minimum absolute atomic E-state index is 0.0142. The molecule has 1 saturated heterocycles. The molecule has 5 nitrogen and oxygen atoms in total. The Morgan fingerprint density at radius 3 is 2.28 bits per heavy atom. The number of amides is 1. The van der Waals surface area contributed by atoms with Crippen molar-refractivity contribution in [3.05, 3.63) is 69.7 Å². The molecule has 3 atom stereocenters. The monoisotopic (exact) mass is 531 g/mol. The Bertz CT molecular complexity index is 1080. The summed E-state index contributed by atoms with van der Waals surface area (Å²) < 4.78 is 4.96. The van der Waals surface area contributed by atoms with Crippen LogP contribution in [0.3, 0.4) is 0 Å². The van der Waals surface area contributed by atoms with Crippen LogP contribution in [0, 0.1) is 5.41 Å². The van der Waals surface area contributed by atoms with Gasteiger partial charge in [0, 0.05) is 28.4 Å². The molecule has 0 radical (unpaired) electrons. The van der Waals surface area contributed by atoms with Crippen LogP contribution in [0.25, 0.3) is 0 Å². The number of benzene rings is 2. The van der Waals surface area contributed by atoms with Gasteiger partial charge in [0.15, 0.2) is 0 Å². The Morgan fingerprint density at radius 2 is 1.69 bits per heavy atom. The predicted octanol–water partition coefficient (Wildman–Crippen LogP) is 7.16. The fraction of sp³-hybridized carbons (Fsp3) is 0.483. The van der Waals surface area contributed by atoms with Crippen LogP contribution in [0.5, 0.6) is 0 Å². The molecule has 3 rings (SSSR count). The first-order chi connectivity index (χ1) is 17.1. The Labute approximate surface area is 224 Å². The lowest BCUT2D eigenvalue weighted by molar-refractivity contribution is -0.158. The Morgan fingerprint density at radius 1 is 1.03 bits per heavy atom. The van der Waals surface area contributed by atoms with Crippen LogP contribution in [-0.4, -0.2) is 35.2 Å². The maximum atomic E-state index is 14.3. The Hall–Kier alpha value is -2.37. The molecule has 0 unspecified atom stereocenters. The van der Waals surface area contributed by atoms with Crippen molar-refractivity contribution >= 4 is 40.9 Å². The lowest BCUT2D eigenvalue weighted by Crippen LogP contribution is -2.56. The summed E-state index contributed by atoms with van der Waals surface area (Å²) >= 11 is 12.6. The molecule has 1 aliphatic rings. The Balaban J connectivity index is 2.12. The van der Waals surface area contributed by atoms with Crippen LogP contribution >= 0.6 is 23.2 Å². The molecule has 1 fully saturated rings. The smallest absolute Gasteiger partial charge is 0.313 e. The van der Waals surface area contributed by atoms with Crippen LogP contribution in [0.2, 0.25) is 10.0 Å². The maximum Gasteiger partial charge on any atom is 0.313 e. The van der Waals surface area contributed by atoms with E-state index in [-0.39, 0.29) is 49.1 Å². The number of carbonyl (C=O) groups excluding carboxylic acids is 3. The van der Waals surface area contributed by atoms with E-state index < -0.39 is 11.4 Å². The fourth-order valence-electron chi connectivity index (χ4n) is 5.50. The third kappa shape index (κ3) is 6.30. The van der Waals surface area contributed by atoms with Crippen LogP contribution in [0.15, 0.2) is 48.5 Å². The van der Waals surface area contributed by atoms with Crippen molar-refractivity contribution in [2.24, 2.45) is 5.41 Å². The number of rotatable bonds is 10. The molecule has 0 N–H and O–H groups in total. The number of halogens is 2. The second kappa shape index (κ2) is 12.2. The van der Waals surface area contributed by atoms with Gasteiger partial charge in [-0.2, -0.15) is 0 Å². The summed E-state index contributed by atoms with van der Waals surface area (Å²) in [5.74, 6) is -1.02. The normalized spacial score (nSPS) is 22.1. The van der Waals surface area contributed by atoms with Crippen LogP contribution < -0.4 is 0 Å². The van der Waals surface area contributed by atoms with E-state index in [1.807, 2.05) is 60.4 Å². The average molecular weight is 533 g/mol. The van der Waals surface area contributed by atoms with Crippen molar-refractivity contribution in [2.75, 3.05) is 6.61 Å². The van der Waals surface area contributed by atoms with Gasteiger partial charge in [0.25, 0.3) is 0 Å². The van der Waals surface area contributed by atoms with Gasteiger partial charge in [-0.3, -0.25) is 14.4 Å². The van der Waals surface area contributed by atoms with Gasteiger partial charge in [0.2, 0.25) is 5.91 Å². The summed E-state index contributed by atoms with van der Waals surface area (Å²) in [7, 11) is 0. The van der Waals surface area contributed by atoms with Crippen molar-refractivity contribution in [3.8, 4) is 0 Å². The van der Waals surface area contributed by atoms with E-state index in [2.05, 4.69) is 13.8 Å². The number of Topliss-reactive ketones (excluding diaryl/α,β-unsaturated/α-hetero) is 1. The van der Waals surface area contributed by atoms with Crippen LogP contribution in [0.4, 0.5) is 0 Å². The molecule has 0 bridgehead atoms. The Kier molecular flexibility index (Phi) is 9.59. The van der Waals surface area contributed by atoms with Gasteiger partial charge in [0.05, 0.1) is 18.1 Å². The fourth-order valence-corrected chi connectivity index (χ4v) is 5.82. The highest BCUT2D eigenvalue weighted by Gasteiger charge is 2.51. The van der Waals surface area contributed by atoms with Gasteiger partial charge in [0.1, 0.15) is 12.2 Å². The summed E-state index contributed by atoms with van der Waals surface area (Å²) in [6.07, 6.45) is 1.66. The SMILES string of the molecule is CCOC(=O)CC(=O)C[C@]1(C)C[C@H](c2cccc(Cl)c2)[C@@H](c2ccc(Cl)cc2)N(C(CC)CC)C1=O. The molecule has 0 saturated carbocycles. The molecule has 2 aromatic carbocycles. The van der Waals surface area contributed by atoms with Crippen molar-refractivity contribution in [1.82, 2.24) is 4.90 Å². The molecule has 0 spiro atoms. The van der Waals surface area contributed by atoms with E-state index in [0.717, 1.165) is 24.0 Å². The average Bonchev–Trinajstić information content (AvgIpc) is 2.83. The van der Waals surface area contributed by atoms with Crippen LogP contribution in [0.1, 0.15) is 82.9 Å². The highest BCUT2D eigenvalue weighted by Crippen LogP contribution is 2.52. The van der Waals surface area contributed by atoms with Crippen molar-refractivity contribution in [3.63, 3.8) is 0 Å². The molecule has 0 aromatic heterocycles. The van der Waals surface area contributed by atoms with Gasteiger partial charge in [-0.1, -0.05) is 68.2 Å². The van der Waals surface area contributed by atoms with Crippen molar-refractivity contribution < 1.29 is 19.1 Å². The number of ether oxygens (including phenoxy) is 1. The highest BCUT2D eigenvalue weighted by atomic mass is 35.5. The van der Waals surface area contributed by atoms with Crippen molar-refractivity contribution in [1.29, 1.82) is 0 Å². The molecule has 194 valence electrons. The molecular weight excluding hydrogens is 497 g/mol. The van der Waals surface area contributed by atoms with E-state index in [4.69, 9.17) is 27.9 Å². The molecule has 7 heteroatoms. The molecule has 1 aliphatic heterocycles. The number of hydrogen-bond acceptors (Lipinski definition) is 4. The van der Waals surface area contributed by atoms with E-state index in [9.17, 15) is 14.4 Å². The van der Waals surface area contributed by atoms with Gasteiger partial charge in [-0.15, -0.1) is 0 Å². The second-order valence-electron chi connectivity index (χ2n) is 9.80. The van der Waals surface area contributed by atoms with Gasteiger partial charge >= 0.3 is 5.97 Å². The topological polar surface area (TPSA) is 63.7 Å². The highest BCUT2D eigenvalue weighted by molar-refractivity contribution is 6.30. The van der Waals surface area contributed by atoms with E-state index in [0.29, 0.717) is 16.5 Å². The number of carbonyl (C=O) groups is 3. The zero-order valence-electron chi connectivity index (χ0n) is 21.4. The first-order valence-electron chi connectivity index (χ1n) is 12.6. The molecule has 1 heterocycles. The van der Waals surface area contributed by atoms with Crippen molar-refractivity contribution in [2.45, 2.75) is 77.8 Å². The number of ketones is 1. The summed E-state index contributed by atoms with van der Waals surface area (Å²) in [5, 5.41) is 1.25. The maximum absolute atomic E-state index is 14.3. The summed E-state index contributed by atoms with van der Waals surface area (Å²) in [6.45, 7) is 7.92. The molecular formula is C29H35Cl2NO4. The lowest BCUT2D eigenvalue weighted by atomic mass is 9.66. The quantitative estimate of drug-likeness (QED) is 0.241. The largest absolute Gasteiger partial charge is 0.466 e. The second-order valence-corrected chi connectivity index (χ2v) is 10.7. The minimum atomic E-state index is -0.970. The first kappa shape index (κ1) is 28.2. The van der Waals surface area contributed by atoms with Gasteiger partial charge < -0.3 is 9.64 Å². The number of likely N-dealkylation sites (tertiary alicyclic amines) is 1. The van der Waals surface area contributed by atoms with Gasteiger partial charge in [-0.25, -0.2) is 0 Å². The third-order valence-corrected chi connectivity index (χ3v) is 7.65. The molecule has 36 heavy (non-hydrogen) atoms. The third-order valence-electron chi connectivity index (χ3n) is 7.16. The molecule has 1 amide bonds. The van der Waals surface area contributed by atoms with Crippen LogP contribution in [-0.2, 0) is 19.1 Å². The lowest BCUT2D eigenvalue weighted by Gasteiger charge is -2.52. The summed E-state index contributed by atoms with van der Waals surface area (Å²) in [4.78, 5) is 41.1. The number of piperidine rings is 1. The number of hydrogen-bond donors (Lipinski definition) is 0. The number of nitrogens with zero attached hydrogens (tertiary/aromatic N) is 1. The van der Waals surface area contributed by atoms with E-state index >= 15 is 0 Å². The van der Waals surface area contributed by atoms with E-state index in [1.54, 1.807) is 6.92 Å². The summed E-state index contributed by atoms with van der Waals surface area (Å²) in [6, 6.07) is 15.1. The minimum Gasteiger partial charge on any atom is -0.466 e. The standard InChI is InChI=1S/C29H35Cl2NO4/c1-5-23(6-2)32-27(19-11-13-21(30)14-12-19)25(20-9-8-10-22(31)15-20)18-29(4,28(32)35)17-24(33)16-26(34)36-7-3/h8-15,23,25,27H,5-7,16-18H2,1-4H3/t25-,27-,29-/m1/s1. The number of esters is 1. The molecule has 2 aromatic rings. The molecule has 0 aliphatic carbocycles.